The van der Waals surface area contributed by atoms with Gasteiger partial charge in [-0.25, -0.2) is 4.98 Å². The van der Waals surface area contributed by atoms with Crippen LogP contribution in [0.25, 0.3) is 27.6 Å². The van der Waals surface area contributed by atoms with Crippen LogP contribution >= 0.6 is 0 Å². The van der Waals surface area contributed by atoms with E-state index >= 15 is 0 Å². The normalized spacial score (nSPS) is 10.6. The number of ketones is 1. The van der Waals surface area contributed by atoms with Gasteiger partial charge in [0.2, 0.25) is 5.91 Å². The minimum Gasteiger partial charge on any atom is -0.289 e. The van der Waals surface area contributed by atoms with Gasteiger partial charge in [0, 0.05) is 16.0 Å². The summed E-state index contributed by atoms with van der Waals surface area (Å²) in [6, 6.07) is 13.3. The fourth-order valence-electron chi connectivity index (χ4n) is 2.18. The number of azide groups is 1. The second kappa shape index (κ2) is 7.16. The number of aromatic nitrogens is 2. The van der Waals surface area contributed by atoms with Crippen molar-refractivity contribution in [3.05, 3.63) is 88.1 Å². The van der Waals surface area contributed by atoms with Crippen LogP contribution in [0.5, 0.6) is 0 Å². The maximum Gasteiger partial charge on any atom is 0.249 e. The third kappa shape index (κ3) is 3.74. The number of para-hydroxylation sites is 2. The third-order valence-corrected chi connectivity index (χ3v) is 3.42. The molecule has 7 nitrogen and oxygen atoms in total. The molecule has 0 spiro atoms. The number of amides is 1. The predicted molar refractivity (Wildman–Crippen MR) is 92.8 cm³/mol. The highest BCUT2D eigenvalue weighted by atomic mass is 16.1. The standard InChI is InChI=1S/C18H11N5O2/c19-23-22-18(25)13-7-5-12(6-8-13)17(24)10-9-14-11-20-15-3-1-2-4-16(15)21-14/h1-11H/b10-9+. The van der Waals surface area contributed by atoms with E-state index < -0.39 is 5.91 Å². The number of allylic oxidation sites excluding steroid dienone is 1. The van der Waals surface area contributed by atoms with Crippen molar-refractivity contribution >= 4 is 28.8 Å². The molecule has 120 valence electrons. The molecule has 3 aromatic rings. The molecule has 0 atom stereocenters. The van der Waals surface area contributed by atoms with Crippen molar-refractivity contribution in [3.63, 3.8) is 0 Å². The lowest BCUT2D eigenvalue weighted by Crippen LogP contribution is -1.98. The summed E-state index contributed by atoms with van der Waals surface area (Å²) in [6.07, 6.45) is 4.57. The molecule has 0 unspecified atom stereocenters. The lowest BCUT2D eigenvalue weighted by Gasteiger charge is -1.99. The van der Waals surface area contributed by atoms with Crippen LogP contribution in [0.3, 0.4) is 0 Å². The smallest absolute Gasteiger partial charge is 0.249 e. The van der Waals surface area contributed by atoms with E-state index in [1.165, 1.54) is 30.3 Å². The minimum absolute atomic E-state index is 0.221. The fraction of sp³-hybridized carbons (Fsp3) is 0. The van der Waals surface area contributed by atoms with Crippen LogP contribution in [0.2, 0.25) is 0 Å². The maximum atomic E-state index is 12.2. The van der Waals surface area contributed by atoms with Gasteiger partial charge in [-0.1, -0.05) is 36.4 Å². The average molecular weight is 329 g/mol. The second-order valence-electron chi connectivity index (χ2n) is 5.05. The Hall–Kier alpha value is -3.83. The molecule has 1 aromatic heterocycles. The van der Waals surface area contributed by atoms with Crippen molar-refractivity contribution < 1.29 is 9.59 Å². The van der Waals surface area contributed by atoms with E-state index in [2.05, 4.69) is 20.0 Å². The van der Waals surface area contributed by atoms with E-state index in [4.69, 9.17) is 5.53 Å². The Labute approximate surface area is 142 Å². The van der Waals surface area contributed by atoms with Crippen LogP contribution in [0, 0.1) is 0 Å². The number of fused-ring (bicyclic) bond motifs is 1. The minimum atomic E-state index is -0.691. The van der Waals surface area contributed by atoms with Crippen LogP contribution in [-0.4, -0.2) is 21.7 Å². The molecule has 0 N–H and O–H groups in total. The second-order valence-corrected chi connectivity index (χ2v) is 5.05. The first-order chi connectivity index (χ1) is 12.2. The first kappa shape index (κ1) is 16.0. The lowest BCUT2D eigenvalue weighted by molar-refractivity contribution is 0.0997. The summed E-state index contributed by atoms with van der Waals surface area (Å²) in [5.41, 5.74) is 11.0. The fourth-order valence-corrected chi connectivity index (χ4v) is 2.18. The quantitative estimate of drug-likeness (QED) is 0.237. The van der Waals surface area contributed by atoms with E-state index in [9.17, 15) is 9.59 Å². The molecule has 2 aromatic carbocycles. The monoisotopic (exact) mass is 329 g/mol. The van der Waals surface area contributed by atoms with Gasteiger partial charge in [-0.15, -0.1) is 0 Å². The third-order valence-electron chi connectivity index (χ3n) is 3.42. The molecule has 7 heteroatoms. The summed E-state index contributed by atoms with van der Waals surface area (Å²) in [5, 5.41) is 3.00. The molecule has 1 amide bonds. The first-order valence-electron chi connectivity index (χ1n) is 7.31. The summed E-state index contributed by atoms with van der Waals surface area (Å²) in [7, 11) is 0. The molecular weight excluding hydrogens is 318 g/mol. The molecular formula is C18H11N5O2. The van der Waals surface area contributed by atoms with Gasteiger partial charge in [0.15, 0.2) is 5.78 Å². The average Bonchev–Trinajstić information content (AvgIpc) is 2.66. The zero-order valence-corrected chi connectivity index (χ0v) is 12.9. The molecule has 0 fully saturated rings. The Morgan fingerprint density at radius 1 is 1.00 bits per heavy atom. The van der Waals surface area contributed by atoms with E-state index in [1.807, 2.05) is 24.3 Å². The van der Waals surface area contributed by atoms with Crippen LogP contribution in [0.4, 0.5) is 0 Å². The molecule has 0 radical (unpaired) electrons. The highest BCUT2D eigenvalue weighted by molar-refractivity contribution is 6.07. The highest BCUT2D eigenvalue weighted by Crippen LogP contribution is 2.11. The molecule has 1 heterocycles. The van der Waals surface area contributed by atoms with E-state index in [0.717, 1.165) is 11.0 Å². The van der Waals surface area contributed by atoms with E-state index in [0.29, 0.717) is 11.3 Å². The van der Waals surface area contributed by atoms with Crippen molar-refractivity contribution in [1.29, 1.82) is 0 Å². The number of hydrogen-bond acceptors (Lipinski definition) is 4. The Bertz CT molecular complexity index is 1030. The summed E-state index contributed by atoms with van der Waals surface area (Å²) in [6.45, 7) is 0. The number of carbonyl (C=O) groups excluding carboxylic acids is 2. The van der Waals surface area contributed by atoms with Crippen LogP contribution < -0.4 is 0 Å². The van der Waals surface area contributed by atoms with Gasteiger partial charge >= 0.3 is 0 Å². The SMILES string of the molecule is [N-]=[N+]=NC(=O)c1ccc(C(=O)/C=C/c2cnc3ccccc3n2)cc1. The van der Waals surface area contributed by atoms with Crippen LogP contribution in [0.1, 0.15) is 26.4 Å². The number of benzene rings is 2. The van der Waals surface area contributed by atoms with Crippen molar-refractivity contribution in [2.75, 3.05) is 0 Å². The number of nitrogens with zero attached hydrogens (tertiary/aromatic N) is 5. The molecule has 0 saturated heterocycles. The predicted octanol–water partition coefficient (Wildman–Crippen LogP) is 3.98. The van der Waals surface area contributed by atoms with Gasteiger partial charge in [-0.2, -0.15) is 0 Å². The van der Waals surface area contributed by atoms with Crippen molar-refractivity contribution in [1.82, 2.24) is 9.97 Å². The first-order valence-corrected chi connectivity index (χ1v) is 7.31. The summed E-state index contributed by atoms with van der Waals surface area (Å²) in [4.78, 5) is 34.7. The highest BCUT2D eigenvalue weighted by Gasteiger charge is 2.06. The van der Waals surface area contributed by atoms with Crippen LogP contribution in [-0.2, 0) is 0 Å². The van der Waals surface area contributed by atoms with Gasteiger partial charge < -0.3 is 0 Å². The molecule has 0 aliphatic rings. The molecule has 0 aliphatic carbocycles. The molecule has 25 heavy (non-hydrogen) atoms. The molecule has 3 rings (SSSR count). The Kier molecular flexibility index (Phi) is 4.60. The zero-order chi connectivity index (χ0) is 17.6. The topological polar surface area (TPSA) is 109 Å². The Balaban J connectivity index is 1.77. The van der Waals surface area contributed by atoms with Gasteiger partial charge in [-0.3, -0.25) is 14.6 Å². The van der Waals surface area contributed by atoms with Gasteiger partial charge in [0.1, 0.15) is 0 Å². The number of hydrogen-bond donors (Lipinski definition) is 0. The van der Waals surface area contributed by atoms with Crippen LogP contribution in [0.15, 0.2) is 65.9 Å². The number of rotatable bonds is 4. The summed E-state index contributed by atoms with van der Waals surface area (Å²) in [5.74, 6) is -0.929. The van der Waals surface area contributed by atoms with Gasteiger partial charge in [0.25, 0.3) is 0 Å². The van der Waals surface area contributed by atoms with Crippen molar-refractivity contribution in [2.45, 2.75) is 0 Å². The van der Waals surface area contributed by atoms with Gasteiger partial charge in [-0.05, 0) is 34.9 Å². The maximum absolute atomic E-state index is 12.2. The lowest BCUT2D eigenvalue weighted by atomic mass is 10.1. The largest absolute Gasteiger partial charge is 0.289 e. The molecule has 0 aliphatic heterocycles. The Morgan fingerprint density at radius 3 is 2.40 bits per heavy atom. The van der Waals surface area contributed by atoms with Gasteiger partial charge in [0.05, 0.1) is 22.9 Å². The Morgan fingerprint density at radius 2 is 1.68 bits per heavy atom. The van der Waals surface area contributed by atoms with Crippen molar-refractivity contribution in [2.24, 2.45) is 5.11 Å². The van der Waals surface area contributed by atoms with Crippen molar-refractivity contribution in [3.8, 4) is 0 Å². The zero-order valence-electron chi connectivity index (χ0n) is 12.9. The van der Waals surface area contributed by atoms with E-state index in [1.54, 1.807) is 12.3 Å². The number of carbonyl (C=O) groups is 2. The van der Waals surface area contributed by atoms with E-state index in [-0.39, 0.29) is 11.3 Å². The molecule has 0 bridgehead atoms. The molecule has 0 saturated carbocycles. The summed E-state index contributed by atoms with van der Waals surface area (Å²) >= 11 is 0. The summed E-state index contributed by atoms with van der Waals surface area (Å²) < 4.78 is 0.